The molecule has 0 saturated carbocycles. The van der Waals surface area contributed by atoms with E-state index in [2.05, 4.69) is 26.7 Å². The van der Waals surface area contributed by atoms with Crippen molar-refractivity contribution < 1.29 is 53.8 Å². The molecule has 1 fully saturated rings. The predicted octanol–water partition coefficient (Wildman–Crippen LogP) is 2.14. The molecule has 0 aliphatic carbocycles. The number of thioether (sulfide) groups is 1. The average molecular weight is 811 g/mol. The summed E-state index contributed by atoms with van der Waals surface area (Å²) in [5.41, 5.74) is 6.50. The number of thiocarbonyl (C=S) groups is 1. The first-order valence-electron chi connectivity index (χ1n) is 17.9. The predicted molar refractivity (Wildman–Crippen MR) is 206 cm³/mol. The smallest absolute Gasteiger partial charge is 0.305 e. The number of nitrogens with zero attached hydrogens (tertiary/aromatic N) is 4. The van der Waals surface area contributed by atoms with Crippen LogP contribution in [-0.4, -0.2) is 131 Å². The van der Waals surface area contributed by atoms with E-state index in [0.717, 1.165) is 11.8 Å². The Balaban J connectivity index is 2.20. The van der Waals surface area contributed by atoms with Crippen molar-refractivity contribution in [2.75, 3.05) is 59.3 Å². The van der Waals surface area contributed by atoms with Gasteiger partial charge in [-0.15, -0.1) is 0 Å². The van der Waals surface area contributed by atoms with Crippen molar-refractivity contribution in [2.24, 2.45) is 21.9 Å². The third kappa shape index (κ3) is 15.2. The van der Waals surface area contributed by atoms with Gasteiger partial charge in [0.15, 0.2) is 6.29 Å². The number of aliphatic hydroxyl groups excluding tert-OH is 4. The lowest BCUT2D eigenvalue weighted by Gasteiger charge is -2.40. The highest BCUT2D eigenvalue weighted by Gasteiger charge is 2.49. The first-order chi connectivity index (χ1) is 26.1. The van der Waals surface area contributed by atoms with E-state index >= 15 is 0 Å². The summed E-state index contributed by atoms with van der Waals surface area (Å²) in [7, 11) is 0. The monoisotopic (exact) mass is 810 g/mol. The number of nitriles is 1. The minimum atomic E-state index is -1.39. The van der Waals surface area contributed by atoms with Crippen LogP contribution in [0.2, 0.25) is 0 Å². The second-order valence-corrected chi connectivity index (χ2v) is 16.2. The maximum atomic E-state index is 14.1. The normalized spacial score (nSPS) is 22.7. The van der Waals surface area contributed by atoms with Crippen LogP contribution < -0.4 is 10.6 Å². The van der Waals surface area contributed by atoms with Crippen molar-refractivity contribution in [1.82, 2.24) is 10.6 Å². The number of benzene rings is 1. The van der Waals surface area contributed by atoms with Crippen molar-refractivity contribution in [3.05, 3.63) is 46.3 Å². The molecular formula is C36H54N6O11S2. The molecule has 55 heavy (non-hydrogen) atoms. The molecule has 2 amide bonds. The number of hydrogen-bond acceptors (Lipinski definition) is 15. The van der Waals surface area contributed by atoms with Gasteiger partial charge in [0.1, 0.15) is 12.2 Å². The van der Waals surface area contributed by atoms with Gasteiger partial charge >= 0.3 is 5.97 Å². The average Bonchev–Trinajstić information content (AvgIpc) is 3.17. The van der Waals surface area contributed by atoms with Gasteiger partial charge in [0.25, 0.3) is 0 Å². The molecule has 1 aromatic carbocycles. The summed E-state index contributed by atoms with van der Waals surface area (Å²) in [4.78, 5) is 43.0. The fourth-order valence-electron chi connectivity index (χ4n) is 6.25. The molecular weight excluding hydrogens is 757 g/mol. The Morgan fingerprint density at radius 2 is 1.73 bits per heavy atom. The molecule has 0 spiro atoms. The molecule has 1 aromatic rings. The van der Waals surface area contributed by atoms with Crippen molar-refractivity contribution in [3.63, 3.8) is 0 Å². The number of rotatable bonds is 24. The van der Waals surface area contributed by atoms with Crippen LogP contribution in [-0.2, 0) is 33.3 Å². The fourth-order valence-corrected chi connectivity index (χ4v) is 8.16. The van der Waals surface area contributed by atoms with Gasteiger partial charge in [-0.3, -0.25) is 14.4 Å². The highest BCUT2D eigenvalue weighted by Crippen LogP contribution is 2.46. The SMILES string of the molecule is C[C@@H]1[C@@H](OCCOCCNC(=O)C(C)(CC(C)(CC(C)(C#N)CCC(=O)OCCN=[N+]=[N-])C(=O)NCCO)SC(=S)c2ccccc2)O[C@@H](CO)[C@H](O)[C@H]1O. The zero-order valence-electron chi connectivity index (χ0n) is 31.7. The molecule has 1 heterocycles. The molecule has 3 unspecified atom stereocenters. The van der Waals surface area contributed by atoms with E-state index in [9.17, 15) is 40.1 Å². The Hall–Kier alpha value is -3.41. The van der Waals surface area contributed by atoms with Crippen LogP contribution in [0, 0.1) is 28.1 Å². The molecule has 1 aliphatic rings. The lowest BCUT2D eigenvalue weighted by atomic mass is 9.67. The summed E-state index contributed by atoms with van der Waals surface area (Å²) in [5, 5.41) is 58.4. The quantitative estimate of drug-likeness (QED) is 0.0218. The van der Waals surface area contributed by atoms with Crippen LogP contribution in [0.4, 0.5) is 0 Å². The Labute approximate surface area is 331 Å². The van der Waals surface area contributed by atoms with Crippen LogP contribution in [0.1, 0.15) is 58.9 Å². The summed E-state index contributed by atoms with van der Waals surface area (Å²) >= 11 is 6.87. The highest BCUT2D eigenvalue weighted by molar-refractivity contribution is 8.25. The molecule has 0 aromatic heterocycles. The van der Waals surface area contributed by atoms with Crippen LogP contribution in [0.15, 0.2) is 35.4 Å². The Morgan fingerprint density at radius 3 is 2.36 bits per heavy atom. The number of ether oxygens (including phenoxy) is 4. The van der Waals surface area contributed by atoms with E-state index in [0.29, 0.717) is 9.76 Å². The summed E-state index contributed by atoms with van der Waals surface area (Å²) in [6.45, 7) is 5.85. The van der Waals surface area contributed by atoms with Crippen LogP contribution >= 0.6 is 24.0 Å². The largest absolute Gasteiger partial charge is 0.466 e. The summed E-state index contributed by atoms with van der Waals surface area (Å²) in [6, 6.07) is 11.3. The summed E-state index contributed by atoms with van der Waals surface area (Å²) in [5.74, 6) is -2.12. The highest BCUT2D eigenvalue weighted by atomic mass is 32.2. The fraction of sp³-hybridized carbons (Fsp3) is 0.694. The summed E-state index contributed by atoms with van der Waals surface area (Å²) in [6.07, 6.45) is -4.53. The number of hydrogen-bond donors (Lipinski definition) is 6. The van der Waals surface area contributed by atoms with Gasteiger partial charge in [0.05, 0.1) is 72.7 Å². The standard InChI is InChI=1S/C36H54N6O11S2/c1-24-28(46)29(47)26(20-44)53-30(24)52-19-18-50-16-13-40-33(49)36(4,55-31(54)25-8-6-5-7-9-25)22-35(3,32(48)39-12-15-43)21-34(2,23-37)11-10-27(45)51-17-14-41-42-38/h5-9,24,26,28-30,43-44,46-47H,10-22H2,1-4H3,(H,39,48)(H,40,49)/t24-,26-,28-,29-,30-,34?,35?,36?/m0/s1. The van der Waals surface area contributed by atoms with E-state index in [1.165, 1.54) is 0 Å². The van der Waals surface area contributed by atoms with Gasteiger partial charge < -0.3 is 50.0 Å². The van der Waals surface area contributed by atoms with E-state index in [1.807, 2.05) is 18.2 Å². The number of amides is 2. The van der Waals surface area contributed by atoms with Crippen molar-refractivity contribution in [1.29, 1.82) is 5.26 Å². The number of carbonyl (C=O) groups excluding carboxylic acids is 3. The van der Waals surface area contributed by atoms with Crippen molar-refractivity contribution in [3.8, 4) is 6.07 Å². The van der Waals surface area contributed by atoms with Gasteiger partial charge in [0, 0.05) is 35.8 Å². The summed E-state index contributed by atoms with van der Waals surface area (Å²) < 4.78 is 21.0. The minimum absolute atomic E-state index is 0.0303. The first-order valence-corrected chi connectivity index (χ1v) is 19.2. The maximum Gasteiger partial charge on any atom is 0.305 e. The van der Waals surface area contributed by atoms with Gasteiger partial charge in [-0.25, -0.2) is 0 Å². The van der Waals surface area contributed by atoms with Crippen LogP contribution in [0.25, 0.3) is 10.4 Å². The topological polar surface area (TPSA) is 266 Å². The van der Waals surface area contributed by atoms with Crippen LogP contribution in [0.3, 0.4) is 0 Å². The molecule has 0 bridgehead atoms. The number of esters is 1. The van der Waals surface area contributed by atoms with E-state index in [-0.39, 0.29) is 78.4 Å². The van der Waals surface area contributed by atoms with Crippen LogP contribution in [0.5, 0.6) is 0 Å². The zero-order valence-corrected chi connectivity index (χ0v) is 33.4. The second kappa shape index (κ2) is 23.6. The molecule has 0 radical (unpaired) electrons. The maximum absolute atomic E-state index is 14.1. The van der Waals surface area contributed by atoms with Crippen molar-refractivity contribution in [2.45, 2.75) is 82.7 Å². The Bertz CT molecular complexity index is 1500. The number of azide groups is 1. The van der Waals surface area contributed by atoms with Gasteiger partial charge in [-0.05, 0) is 44.2 Å². The second-order valence-electron chi connectivity index (χ2n) is 14.0. The van der Waals surface area contributed by atoms with Gasteiger partial charge in [-0.1, -0.05) is 73.3 Å². The van der Waals surface area contributed by atoms with Crippen molar-refractivity contribution >= 4 is 46.0 Å². The number of carbonyl (C=O) groups is 3. The molecule has 17 nitrogen and oxygen atoms in total. The molecule has 306 valence electrons. The van der Waals surface area contributed by atoms with E-state index < -0.39 is 70.5 Å². The Kier molecular flexibility index (Phi) is 20.5. The molecule has 1 saturated heterocycles. The molecule has 2 rings (SSSR count). The molecule has 1 aliphatic heterocycles. The first kappa shape index (κ1) is 47.7. The minimum Gasteiger partial charge on any atom is -0.466 e. The number of aliphatic hydroxyl groups is 4. The van der Waals surface area contributed by atoms with Gasteiger partial charge in [-0.2, -0.15) is 5.26 Å². The third-order valence-electron chi connectivity index (χ3n) is 9.16. The Morgan fingerprint density at radius 1 is 1.04 bits per heavy atom. The lowest BCUT2D eigenvalue weighted by molar-refractivity contribution is -0.284. The van der Waals surface area contributed by atoms with E-state index in [4.69, 9.17) is 36.7 Å². The zero-order chi connectivity index (χ0) is 41.1. The molecule has 8 atom stereocenters. The molecule has 19 heteroatoms. The number of nitrogens with one attached hydrogen (secondary N) is 2. The lowest BCUT2D eigenvalue weighted by Crippen LogP contribution is -2.55. The molecule has 6 N–H and O–H groups in total. The van der Waals surface area contributed by atoms with E-state index in [1.54, 1.807) is 39.8 Å². The third-order valence-corrected chi connectivity index (χ3v) is 10.8. The van der Waals surface area contributed by atoms with Gasteiger partial charge in [0.2, 0.25) is 11.8 Å².